The Balaban J connectivity index is 1.81. The van der Waals surface area contributed by atoms with E-state index in [2.05, 4.69) is 15.3 Å². The maximum atomic E-state index is 5.98. The second kappa shape index (κ2) is 8.73. The number of thioether (sulfide) groups is 1. The van der Waals surface area contributed by atoms with Crippen LogP contribution in [0.2, 0.25) is 0 Å². The summed E-state index contributed by atoms with van der Waals surface area (Å²) in [6.07, 6.45) is 1.56. The van der Waals surface area contributed by atoms with Gasteiger partial charge in [-0.3, -0.25) is 4.99 Å². The third kappa shape index (κ3) is 5.11. The number of amidine groups is 1. The molecule has 0 bridgehead atoms. The molecule has 0 saturated carbocycles. The van der Waals surface area contributed by atoms with Gasteiger partial charge in [-0.15, -0.1) is 0 Å². The number of nitrogens with one attached hydrogen (secondary N) is 1. The van der Waals surface area contributed by atoms with Crippen LogP contribution >= 0.6 is 11.8 Å². The molecule has 1 aliphatic rings. The second-order valence-corrected chi connectivity index (χ2v) is 6.56. The van der Waals surface area contributed by atoms with Gasteiger partial charge in [-0.25, -0.2) is 4.98 Å². The zero-order chi connectivity index (χ0) is 17.5. The van der Waals surface area contributed by atoms with Gasteiger partial charge in [0, 0.05) is 18.9 Å². The van der Waals surface area contributed by atoms with E-state index in [-0.39, 0.29) is 6.10 Å². The molecule has 1 aliphatic heterocycles. The molecule has 1 unspecified atom stereocenters. The van der Waals surface area contributed by atoms with Crippen LogP contribution in [0.5, 0.6) is 17.2 Å². The van der Waals surface area contributed by atoms with E-state index < -0.39 is 0 Å². The molecule has 132 valence electrons. The number of hydrogen-bond donors (Lipinski definition) is 1. The number of nitrogens with zero attached hydrogens (tertiary/aromatic N) is 2. The number of anilines is 1. The van der Waals surface area contributed by atoms with E-state index in [1.54, 1.807) is 25.1 Å². The van der Waals surface area contributed by atoms with Crippen molar-refractivity contribution < 1.29 is 14.2 Å². The van der Waals surface area contributed by atoms with Gasteiger partial charge in [-0.1, -0.05) is 30.0 Å². The predicted molar refractivity (Wildman–Crippen MR) is 101 cm³/mol. The molecule has 0 fully saturated rings. The first-order chi connectivity index (χ1) is 12.2. The van der Waals surface area contributed by atoms with Crippen LogP contribution in [-0.4, -0.2) is 42.3 Å². The van der Waals surface area contributed by atoms with Crippen molar-refractivity contribution in [1.82, 2.24) is 4.98 Å². The molecule has 1 aromatic carbocycles. The maximum absolute atomic E-state index is 5.98. The van der Waals surface area contributed by atoms with Crippen molar-refractivity contribution in [3.63, 3.8) is 0 Å². The van der Waals surface area contributed by atoms with Crippen molar-refractivity contribution in [3.05, 3.63) is 42.6 Å². The van der Waals surface area contributed by atoms with E-state index in [4.69, 9.17) is 14.2 Å². The number of rotatable bonds is 7. The summed E-state index contributed by atoms with van der Waals surface area (Å²) in [6.45, 7) is 3.25. The molecule has 3 rings (SSSR count). The van der Waals surface area contributed by atoms with E-state index in [0.29, 0.717) is 23.9 Å². The van der Waals surface area contributed by atoms with Crippen molar-refractivity contribution in [2.24, 2.45) is 4.99 Å². The fraction of sp³-hybridized carbons (Fsp3) is 0.333. The first-order valence-electron chi connectivity index (χ1n) is 8.07. The summed E-state index contributed by atoms with van der Waals surface area (Å²) in [5, 5.41) is 4.08. The standard InChI is InChI=1S/C18H21N3O3S/c1-13(12-22-2)23-16-10-15(24-14-6-4-3-5-7-14)11-20-17(16)21-18-19-8-9-25-18/h3-7,10-11,13H,8-9,12H2,1-2H3,(H,19,20,21). The normalized spacial score (nSPS) is 14.7. The van der Waals surface area contributed by atoms with Gasteiger partial charge in [0.1, 0.15) is 17.6 Å². The molecule has 2 heterocycles. The summed E-state index contributed by atoms with van der Waals surface area (Å²) in [5.74, 6) is 3.56. The molecule has 0 amide bonds. The minimum Gasteiger partial charge on any atom is -0.484 e. The summed E-state index contributed by atoms with van der Waals surface area (Å²) < 4.78 is 17.0. The third-order valence-electron chi connectivity index (χ3n) is 3.35. The van der Waals surface area contributed by atoms with Crippen LogP contribution in [0.1, 0.15) is 6.92 Å². The summed E-state index contributed by atoms with van der Waals surface area (Å²) in [5.41, 5.74) is 0. The van der Waals surface area contributed by atoms with Gasteiger partial charge >= 0.3 is 0 Å². The number of aliphatic imine (C=N–C) groups is 1. The van der Waals surface area contributed by atoms with Crippen molar-refractivity contribution >= 4 is 22.7 Å². The molecular formula is C18H21N3O3S. The lowest BCUT2D eigenvalue weighted by Crippen LogP contribution is -2.19. The van der Waals surface area contributed by atoms with Crippen LogP contribution in [0.15, 0.2) is 47.6 Å². The van der Waals surface area contributed by atoms with Crippen LogP contribution < -0.4 is 14.8 Å². The third-order valence-corrected chi connectivity index (χ3v) is 4.24. The average molecular weight is 359 g/mol. The number of pyridine rings is 1. The summed E-state index contributed by atoms with van der Waals surface area (Å²) >= 11 is 1.67. The second-order valence-electron chi connectivity index (χ2n) is 5.48. The Hall–Kier alpha value is -2.25. The average Bonchev–Trinajstić information content (AvgIpc) is 3.11. The van der Waals surface area contributed by atoms with Crippen LogP contribution in [0, 0.1) is 0 Å². The van der Waals surface area contributed by atoms with Gasteiger partial charge in [-0.2, -0.15) is 0 Å². The zero-order valence-corrected chi connectivity index (χ0v) is 15.1. The first kappa shape index (κ1) is 17.6. The van der Waals surface area contributed by atoms with Crippen LogP contribution in [0.4, 0.5) is 5.82 Å². The van der Waals surface area contributed by atoms with E-state index in [1.165, 1.54) is 0 Å². The molecule has 7 heteroatoms. The Bertz CT molecular complexity index is 725. The Labute approximate surface area is 151 Å². The molecule has 2 aromatic rings. The molecule has 6 nitrogen and oxygen atoms in total. The van der Waals surface area contributed by atoms with E-state index in [1.807, 2.05) is 43.3 Å². The van der Waals surface area contributed by atoms with E-state index in [9.17, 15) is 0 Å². The van der Waals surface area contributed by atoms with Gasteiger partial charge < -0.3 is 19.5 Å². The Morgan fingerprint density at radius 1 is 1.24 bits per heavy atom. The number of methoxy groups -OCH3 is 1. The van der Waals surface area contributed by atoms with Crippen molar-refractivity contribution in [1.29, 1.82) is 0 Å². The van der Waals surface area contributed by atoms with Crippen LogP contribution in [0.3, 0.4) is 0 Å². The lowest BCUT2D eigenvalue weighted by atomic mass is 10.3. The smallest absolute Gasteiger partial charge is 0.175 e. The van der Waals surface area contributed by atoms with E-state index in [0.717, 1.165) is 23.2 Å². The fourth-order valence-electron chi connectivity index (χ4n) is 2.29. The summed E-state index contributed by atoms with van der Waals surface area (Å²) in [4.78, 5) is 8.85. The van der Waals surface area contributed by atoms with Gasteiger partial charge in [0.15, 0.2) is 16.7 Å². The highest BCUT2D eigenvalue weighted by Crippen LogP contribution is 2.31. The SMILES string of the molecule is COCC(C)Oc1cc(Oc2ccccc2)cnc1NC1=NCCS1. The van der Waals surface area contributed by atoms with Gasteiger partial charge in [0.25, 0.3) is 0 Å². The van der Waals surface area contributed by atoms with Crippen LogP contribution in [0.25, 0.3) is 0 Å². The van der Waals surface area contributed by atoms with Gasteiger partial charge in [-0.05, 0) is 19.1 Å². The van der Waals surface area contributed by atoms with Crippen molar-refractivity contribution in [2.45, 2.75) is 13.0 Å². The molecule has 0 spiro atoms. The lowest BCUT2D eigenvalue weighted by molar-refractivity contribution is 0.0922. The maximum Gasteiger partial charge on any atom is 0.175 e. The zero-order valence-electron chi connectivity index (χ0n) is 14.3. The quantitative estimate of drug-likeness (QED) is 0.811. The summed E-state index contributed by atoms with van der Waals surface area (Å²) in [6, 6.07) is 11.4. The largest absolute Gasteiger partial charge is 0.484 e. The highest BCUT2D eigenvalue weighted by molar-refractivity contribution is 8.14. The summed E-state index contributed by atoms with van der Waals surface area (Å²) in [7, 11) is 1.65. The highest BCUT2D eigenvalue weighted by atomic mass is 32.2. The molecule has 0 saturated heterocycles. The van der Waals surface area contributed by atoms with E-state index >= 15 is 0 Å². The minimum absolute atomic E-state index is 0.113. The van der Waals surface area contributed by atoms with Gasteiger partial charge in [0.05, 0.1) is 19.3 Å². The highest BCUT2D eigenvalue weighted by Gasteiger charge is 2.15. The van der Waals surface area contributed by atoms with Crippen molar-refractivity contribution in [2.75, 3.05) is 31.3 Å². The minimum atomic E-state index is -0.113. The van der Waals surface area contributed by atoms with Gasteiger partial charge in [0.2, 0.25) is 0 Å². The van der Waals surface area contributed by atoms with Crippen LogP contribution in [-0.2, 0) is 4.74 Å². The topological polar surface area (TPSA) is 65.0 Å². The van der Waals surface area contributed by atoms with Crippen molar-refractivity contribution in [3.8, 4) is 17.2 Å². The molecule has 1 N–H and O–H groups in total. The Morgan fingerprint density at radius 2 is 2.08 bits per heavy atom. The Morgan fingerprint density at radius 3 is 2.80 bits per heavy atom. The predicted octanol–water partition coefficient (Wildman–Crippen LogP) is 3.80. The molecular weight excluding hydrogens is 338 g/mol. The molecule has 1 aromatic heterocycles. The molecule has 1 atom stereocenters. The number of aromatic nitrogens is 1. The lowest BCUT2D eigenvalue weighted by Gasteiger charge is -2.18. The number of hydrogen-bond acceptors (Lipinski definition) is 7. The number of ether oxygens (including phenoxy) is 3. The molecule has 0 aliphatic carbocycles. The molecule has 0 radical (unpaired) electrons. The number of benzene rings is 1. The first-order valence-corrected chi connectivity index (χ1v) is 9.06. The molecule has 25 heavy (non-hydrogen) atoms. The monoisotopic (exact) mass is 359 g/mol. The fourth-order valence-corrected chi connectivity index (χ4v) is 3.02. The number of para-hydroxylation sites is 1. The Kier molecular flexibility index (Phi) is 6.14.